The molecule has 2 heterocycles. The highest BCUT2D eigenvalue weighted by Gasteiger charge is 2.17. The summed E-state index contributed by atoms with van der Waals surface area (Å²) >= 11 is 5.83. The van der Waals surface area contributed by atoms with Crippen LogP contribution in [-0.2, 0) is 7.05 Å². The summed E-state index contributed by atoms with van der Waals surface area (Å²) < 4.78 is 3.51. The number of nitrogens with zero attached hydrogens (tertiary/aromatic N) is 3. The predicted octanol–water partition coefficient (Wildman–Crippen LogP) is 3.12. The highest BCUT2D eigenvalue weighted by Crippen LogP contribution is 2.18. The van der Waals surface area contributed by atoms with Crippen LogP contribution in [0.4, 0.5) is 5.69 Å². The van der Waals surface area contributed by atoms with Crippen molar-refractivity contribution in [2.24, 2.45) is 7.05 Å². The van der Waals surface area contributed by atoms with Gasteiger partial charge in [0, 0.05) is 30.2 Å². The number of rotatable bonds is 3. The van der Waals surface area contributed by atoms with Crippen LogP contribution in [0.1, 0.15) is 10.4 Å². The number of aromatic nitrogens is 3. The van der Waals surface area contributed by atoms with E-state index >= 15 is 0 Å². The Hall–Kier alpha value is -2.53. The molecular formula is C15H13ClN4O. The van der Waals surface area contributed by atoms with Crippen molar-refractivity contribution in [2.75, 3.05) is 5.32 Å². The molecule has 0 bridgehead atoms. The molecule has 2 aromatic heterocycles. The number of amides is 1. The van der Waals surface area contributed by atoms with Crippen LogP contribution in [0.2, 0.25) is 5.02 Å². The first-order chi connectivity index (χ1) is 10.1. The average molecular weight is 301 g/mol. The summed E-state index contributed by atoms with van der Waals surface area (Å²) in [6.07, 6.45) is 5.30. The second kappa shape index (κ2) is 5.46. The molecule has 0 aliphatic rings. The fourth-order valence-electron chi connectivity index (χ4n) is 2.10. The second-order valence-electron chi connectivity index (χ2n) is 4.56. The Morgan fingerprint density at radius 2 is 1.86 bits per heavy atom. The normalized spacial score (nSPS) is 10.6. The maximum atomic E-state index is 12.4. The van der Waals surface area contributed by atoms with Crippen molar-refractivity contribution in [2.45, 2.75) is 0 Å². The summed E-state index contributed by atoms with van der Waals surface area (Å²) in [7, 11) is 1.80. The molecule has 5 nitrogen and oxygen atoms in total. The quantitative estimate of drug-likeness (QED) is 0.808. The minimum absolute atomic E-state index is 0.214. The van der Waals surface area contributed by atoms with Crippen LogP contribution in [0.3, 0.4) is 0 Å². The van der Waals surface area contributed by atoms with Crippen molar-refractivity contribution >= 4 is 23.2 Å². The molecule has 0 saturated carbocycles. The van der Waals surface area contributed by atoms with E-state index in [1.165, 1.54) is 0 Å². The van der Waals surface area contributed by atoms with Crippen LogP contribution in [-0.4, -0.2) is 20.3 Å². The molecule has 1 aromatic carbocycles. The number of hydrogen-bond acceptors (Lipinski definition) is 2. The van der Waals surface area contributed by atoms with Gasteiger partial charge in [0.2, 0.25) is 0 Å². The van der Waals surface area contributed by atoms with Gasteiger partial charge in [-0.1, -0.05) is 11.6 Å². The fourth-order valence-corrected chi connectivity index (χ4v) is 2.23. The van der Waals surface area contributed by atoms with Gasteiger partial charge < -0.3 is 9.88 Å². The molecule has 0 saturated heterocycles. The number of aryl methyl sites for hydroxylation is 1. The number of halogens is 1. The van der Waals surface area contributed by atoms with E-state index in [1.54, 1.807) is 42.2 Å². The van der Waals surface area contributed by atoms with E-state index in [4.69, 9.17) is 11.6 Å². The third-order valence-corrected chi connectivity index (χ3v) is 3.36. The summed E-state index contributed by atoms with van der Waals surface area (Å²) in [6.45, 7) is 0. The minimum Gasteiger partial charge on any atom is -0.322 e. The third kappa shape index (κ3) is 2.68. The number of hydrogen-bond donors (Lipinski definition) is 1. The van der Waals surface area contributed by atoms with Crippen molar-refractivity contribution in [1.82, 2.24) is 14.3 Å². The maximum Gasteiger partial charge on any atom is 0.261 e. The van der Waals surface area contributed by atoms with E-state index in [9.17, 15) is 4.79 Å². The molecule has 1 amide bonds. The maximum absolute atomic E-state index is 12.4. The van der Waals surface area contributed by atoms with Gasteiger partial charge in [-0.3, -0.25) is 9.48 Å². The lowest BCUT2D eigenvalue weighted by atomic mass is 10.2. The van der Waals surface area contributed by atoms with Gasteiger partial charge in [-0.05, 0) is 36.4 Å². The van der Waals surface area contributed by atoms with E-state index in [1.807, 2.05) is 29.1 Å². The summed E-state index contributed by atoms with van der Waals surface area (Å²) in [4.78, 5) is 12.4. The highest BCUT2D eigenvalue weighted by molar-refractivity contribution is 6.30. The summed E-state index contributed by atoms with van der Waals surface area (Å²) in [5.41, 5.74) is 1.19. The Kier molecular flexibility index (Phi) is 3.50. The highest BCUT2D eigenvalue weighted by atomic mass is 35.5. The summed E-state index contributed by atoms with van der Waals surface area (Å²) in [5.74, 6) is 0.501. The summed E-state index contributed by atoms with van der Waals surface area (Å²) in [6, 6.07) is 10.8. The molecule has 6 heteroatoms. The number of benzene rings is 1. The standard InChI is InChI=1S/C15H13ClN4O/c1-19-15(20-8-2-3-9-20)13(10-17-19)14(21)18-12-6-4-11(16)5-7-12/h2-10H,1H3,(H,18,21). The average Bonchev–Trinajstić information content (AvgIpc) is 3.10. The van der Waals surface area contributed by atoms with Gasteiger partial charge in [-0.2, -0.15) is 5.10 Å². The van der Waals surface area contributed by atoms with Gasteiger partial charge in [0.1, 0.15) is 11.4 Å². The third-order valence-electron chi connectivity index (χ3n) is 3.10. The van der Waals surface area contributed by atoms with E-state index in [0.29, 0.717) is 22.1 Å². The molecular weight excluding hydrogens is 288 g/mol. The number of carbonyl (C=O) groups is 1. The lowest BCUT2D eigenvalue weighted by Gasteiger charge is -2.08. The number of nitrogens with one attached hydrogen (secondary N) is 1. The largest absolute Gasteiger partial charge is 0.322 e. The Bertz CT molecular complexity index is 760. The van der Waals surface area contributed by atoms with Crippen molar-refractivity contribution < 1.29 is 4.79 Å². The fraction of sp³-hybridized carbons (Fsp3) is 0.0667. The predicted molar refractivity (Wildman–Crippen MR) is 81.9 cm³/mol. The first kappa shape index (κ1) is 13.5. The zero-order valence-corrected chi connectivity index (χ0v) is 12.1. The Morgan fingerprint density at radius 3 is 2.52 bits per heavy atom. The molecule has 21 heavy (non-hydrogen) atoms. The minimum atomic E-state index is -0.214. The van der Waals surface area contributed by atoms with Crippen molar-refractivity contribution in [1.29, 1.82) is 0 Å². The number of carbonyl (C=O) groups excluding carboxylic acids is 1. The van der Waals surface area contributed by atoms with E-state index in [-0.39, 0.29) is 5.91 Å². The van der Waals surface area contributed by atoms with E-state index < -0.39 is 0 Å². The Labute approximate surface area is 126 Å². The van der Waals surface area contributed by atoms with Gasteiger partial charge in [0.05, 0.1) is 6.20 Å². The Balaban J connectivity index is 1.90. The van der Waals surface area contributed by atoms with Gasteiger partial charge >= 0.3 is 0 Å². The smallest absolute Gasteiger partial charge is 0.261 e. The van der Waals surface area contributed by atoms with Crippen molar-refractivity contribution in [3.63, 3.8) is 0 Å². The van der Waals surface area contributed by atoms with Crippen LogP contribution in [0, 0.1) is 0 Å². The van der Waals surface area contributed by atoms with Crippen LogP contribution < -0.4 is 5.32 Å². The SMILES string of the molecule is Cn1ncc(C(=O)Nc2ccc(Cl)cc2)c1-n1cccc1. The first-order valence-corrected chi connectivity index (χ1v) is 6.75. The molecule has 106 valence electrons. The molecule has 0 atom stereocenters. The lowest BCUT2D eigenvalue weighted by Crippen LogP contribution is -2.14. The molecule has 0 fully saturated rings. The van der Waals surface area contributed by atoms with E-state index in [0.717, 1.165) is 0 Å². The molecule has 0 spiro atoms. The van der Waals surface area contributed by atoms with Crippen LogP contribution in [0.15, 0.2) is 55.0 Å². The van der Waals surface area contributed by atoms with Gasteiger partial charge in [0.15, 0.2) is 0 Å². The first-order valence-electron chi connectivity index (χ1n) is 6.37. The topological polar surface area (TPSA) is 51.9 Å². The van der Waals surface area contributed by atoms with Gasteiger partial charge in [-0.25, -0.2) is 0 Å². The molecule has 0 aliphatic carbocycles. The summed E-state index contributed by atoms with van der Waals surface area (Å²) in [5, 5.41) is 7.63. The molecule has 3 rings (SSSR count). The lowest BCUT2D eigenvalue weighted by molar-refractivity contribution is 0.102. The van der Waals surface area contributed by atoms with Crippen LogP contribution >= 0.6 is 11.6 Å². The molecule has 1 N–H and O–H groups in total. The van der Waals surface area contributed by atoms with Gasteiger partial charge in [0.25, 0.3) is 5.91 Å². The number of anilines is 1. The second-order valence-corrected chi connectivity index (χ2v) is 4.99. The van der Waals surface area contributed by atoms with Gasteiger partial charge in [-0.15, -0.1) is 0 Å². The van der Waals surface area contributed by atoms with Crippen LogP contribution in [0.5, 0.6) is 0 Å². The molecule has 0 radical (unpaired) electrons. The van der Waals surface area contributed by atoms with Crippen LogP contribution in [0.25, 0.3) is 5.82 Å². The monoisotopic (exact) mass is 300 g/mol. The zero-order chi connectivity index (χ0) is 14.8. The molecule has 0 aliphatic heterocycles. The molecule has 3 aromatic rings. The molecule has 0 unspecified atom stereocenters. The van der Waals surface area contributed by atoms with Crippen molar-refractivity contribution in [3.05, 3.63) is 65.6 Å². The zero-order valence-electron chi connectivity index (χ0n) is 11.3. The van der Waals surface area contributed by atoms with E-state index in [2.05, 4.69) is 10.4 Å². The Morgan fingerprint density at radius 1 is 1.19 bits per heavy atom. The van der Waals surface area contributed by atoms with Crippen molar-refractivity contribution in [3.8, 4) is 5.82 Å².